The van der Waals surface area contributed by atoms with Crippen molar-refractivity contribution in [3.63, 3.8) is 0 Å². The van der Waals surface area contributed by atoms with Gasteiger partial charge in [-0.25, -0.2) is 18.1 Å². The number of ether oxygens (including phenoxy) is 1. The van der Waals surface area contributed by atoms with Crippen LogP contribution in [-0.2, 0) is 26.6 Å². The van der Waals surface area contributed by atoms with Gasteiger partial charge in [-0.05, 0) is 12.3 Å². The van der Waals surface area contributed by atoms with E-state index in [0.29, 0.717) is 32.6 Å². The minimum absolute atomic E-state index is 0.0335. The van der Waals surface area contributed by atoms with E-state index in [1.54, 1.807) is 11.3 Å². The predicted octanol–water partition coefficient (Wildman–Crippen LogP) is 2.33. The summed E-state index contributed by atoms with van der Waals surface area (Å²) in [5.41, 5.74) is 1.10. The number of sulfonamides is 1. The number of nitrogens with zero attached hydrogens (tertiary/aromatic N) is 1. The van der Waals surface area contributed by atoms with Gasteiger partial charge < -0.3 is 4.74 Å². The van der Waals surface area contributed by atoms with Gasteiger partial charge in [0.2, 0.25) is 10.0 Å². The smallest absolute Gasteiger partial charge is 0.214 e. The summed E-state index contributed by atoms with van der Waals surface area (Å²) >= 11 is 1.60. The minimum atomic E-state index is -3.28. The number of aromatic nitrogens is 1. The first-order chi connectivity index (χ1) is 10.2. The van der Waals surface area contributed by atoms with E-state index in [1.165, 1.54) is 0 Å². The van der Waals surface area contributed by atoms with Crippen molar-refractivity contribution in [2.24, 2.45) is 5.92 Å². The van der Waals surface area contributed by atoms with Gasteiger partial charge in [-0.15, -0.1) is 11.3 Å². The van der Waals surface area contributed by atoms with Crippen molar-refractivity contribution in [1.29, 1.82) is 0 Å². The minimum Gasteiger partial charge on any atom is -0.381 e. The van der Waals surface area contributed by atoms with Gasteiger partial charge in [0, 0.05) is 30.4 Å². The van der Waals surface area contributed by atoms with Gasteiger partial charge in [0.25, 0.3) is 0 Å². The average molecular weight is 347 g/mol. The summed E-state index contributed by atoms with van der Waals surface area (Å²) < 4.78 is 32.8. The van der Waals surface area contributed by atoms with Crippen LogP contribution in [-0.4, -0.2) is 38.4 Å². The van der Waals surface area contributed by atoms with Gasteiger partial charge in [-0.2, -0.15) is 0 Å². The highest BCUT2D eigenvalue weighted by atomic mass is 32.2. The lowest BCUT2D eigenvalue weighted by Crippen LogP contribution is -2.43. The molecule has 0 bridgehead atoms. The van der Waals surface area contributed by atoms with Crippen LogP contribution in [0.1, 0.15) is 44.8 Å². The Balaban J connectivity index is 1.88. The molecule has 1 aromatic heterocycles. The molecule has 2 rings (SSSR count). The lowest BCUT2D eigenvalue weighted by molar-refractivity contribution is 0.0635. The summed E-state index contributed by atoms with van der Waals surface area (Å²) in [4.78, 5) is 4.59. The highest BCUT2D eigenvalue weighted by Gasteiger charge is 2.33. The van der Waals surface area contributed by atoms with Crippen LogP contribution in [0.4, 0.5) is 0 Å². The van der Waals surface area contributed by atoms with Gasteiger partial charge in [-0.3, -0.25) is 0 Å². The first-order valence-corrected chi connectivity index (χ1v) is 10.1. The molecule has 1 fully saturated rings. The Bertz CT molecular complexity index is 590. The fraction of sp³-hybridized carbons (Fsp3) is 0.800. The predicted molar refractivity (Wildman–Crippen MR) is 89.8 cm³/mol. The van der Waals surface area contributed by atoms with Crippen LogP contribution >= 0.6 is 11.3 Å². The molecule has 0 aromatic carbocycles. The quantitative estimate of drug-likeness (QED) is 0.888. The van der Waals surface area contributed by atoms with Crippen LogP contribution in [0.25, 0.3) is 0 Å². The summed E-state index contributed by atoms with van der Waals surface area (Å²) in [6.07, 6.45) is 1.21. The second-order valence-corrected chi connectivity index (χ2v) is 9.87. The molecule has 7 heteroatoms. The molecule has 0 saturated carbocycles. The van der Waals surface area contributed by atoms with E-state index < -0.39 is 10.0 Å². The molecule has 0 radical (unpaired) electrons. The number of hydrogen-bond donors (Lipinski definition) is 1. The molecule has 0 spiro atoms. The number of nitrogens with one attached hydrogen (secondary N) is 1. The molecule has 2 unspecified atom stereocenters. The summed E-state index contributed by atoms with van der Waals surface area (Å²) in [6.45, 7) is 9.76. The first kappa shape index (κ1) is 17.8. The summed E-state index contributed by atoms with van der Waals surface area (Å²) in [6, 6.07) is 0. The Hall–Kier alpha value is -0.500. The Morgan fingerprint density at radius 1 is 1.45 bits per heavy atom. The highest BCUT2D eigenvalue weighted by molar-refractivity contribution is 7.90. The average Bonchev–Trinajstić information content (AvgIpc) is 2.87. The Morgan fingerprint density at radius 3 is 2.77 bits per heavy atom. The topological polar surface area (TPSA) is 68.3 Å². The molecule has 2 atom stereocenters. The molecule has 1 aliphatic heterocycles. The number of rotatable bonds is 5. The lowest BCUT2D eigenvalue weighted by Gasteiger charge is -2.28. The van der Waals surface area contributed by atoms with Gasteiger partial charge in [-0.1, -0.05) is 27.7 Å². The molecular formula is C15H26N2O3S2. The maximum absolute atomic E-state index is 12.4. The van der Waals surface area contributed by atoms with Crippen LogP contribution in [0.2, 0.25) is 0 Å². The van der Waals surface area contributed by atoms with Crippen LogP contribution in [0.3, 0.4) is 0 Å². The molecule has 0 aliphatic carbocycles. The molecular weight excluding hydrogens is 320 g/mol. The standard InChI is InChI=1S/C15H26N2O3S2/c1-11-9-20-8-6-12(11)22(18,19)16-7-5-14-17-13(10-21-14)15(2,3)4/h10-12,16H,5-9H2,1-4H3. The fourth-order valence-corrected chi connectivity index (χ4v) is 5.22. The van der Waals surface area contributed by atoms with E-state index in [2.05, 4.69) is 35.9 Å². The van der Waals surface area contributed by atoms with Crippen LogP contribution in [0.15, 0.2) is 5.38 Å². The normalized spacial score (nSPS) is 23.6. The molecule has 1 aliphatic rings. The van der Waals surface area contributed by atoms with Crippen LogP contribution in [0.5, 0.6) is 0 Å². The second-order valence-electron chi connectivity index (χ2n) is 6.95. The maximum atomic E-state index is 12.4. The van der Waals surface area contributed by atoms with E-state index in [-0.39, 0.29) is 16.6 Å². The third-order valence-electron chi connectivity index (χ3n) is 3.92. The zero-order valence-corrected chi connectivity index (χ0v) is 15.4. The monoisotopic (exact) mass is 346 g/mol. The second kappa shape index (κ2) is 6.95. The van der Waals surface area contributed by atoms with E-state index in [1.807, 2.05) is 6.92 Å². The van der Waals surface area contributed by atoms with E-state index in [0.717, 1.165) is 10.7 Å². The van der Waals surface area contributed by atoms with Gasteiger partial charge in [0.15, 0.2) is 0 Å². The summed E-state index contributed by atoms with van der Waals surface area (Å²) in [5, 5.41) is 2.69. The van der Waals surface area contributed by atoms with Crippen LogP contribution in [0, 0.1) is 5.92 Å². The molecule has 1 saturated heterocycles. The van der Waals surface area contributed by atoms with E-state index >= 15 is 0 Å². The van der Waals surface area contributed by atoms with Crippen molar-refractivity contribution in [2.45, 2.75) is 51.2 Å². The van der Waals surface area contributed by atoms with Gasteiger partial charge in [0.1, 0.15) is 0 Å². The van der Waals surface area contributed by atoms with Crippen molar-refractivity contribution in [2.75, 3.05) is 19.8 Å². The number of hydrogen-bond acceptors (Lipinski definition) is 5. The van der Waals surface area contributed by atoms with Crippen molar-refractivity contribution in [3.8, 4) is 0 Å². The summed E-state index contributed by atoms with van der Waals surface area (Å²) in [7, 11) is -3.28. The third-order valence-corrected chi connectivity index (χ3v) is 6.94. The highest BCUT2D eigenvalue weighted by Crippen LogP contribution is 2.24. The molecule has 5 nitrogen and oxygen atoms in total. The van der Waals surface area contributed by atoms with Gasteiger partial charge in [0.05, 0.1) is 22.6 Å². The molecule has 1 aromatic rings. The van der Waals surface area contributed by atoms with Crippen molar-refractivity contribution in [1.82, 2.24) is 9.71 Å². The van der Waals surface area contributed by atoms with E-state index in [9.17, 15) is 8.42 Å². The lowest BCUT2D eigenvalue weighted by atomic mass is 9.93. The van der Waals surface area contributed by atoms with Crippen molar-refractivity contribution < 1.29 is 13.2 Å². The molecule has 1 N–H and O–H groups in total. The molecule has 0 amide bonds. The Labute approximate surface area is 137 Å². The molecule has 2 heterocycles. The summed E-state index contributed by atoms with van der Waals surface area (Å²) in [5.74, 6) is 0.0404. The molecule has 22 heavy (non-hydrogen) atoms. The molecule has 126 valence electrons. The van der Waals surface area contributed by atoms with Crippen LogP contribution < -0.4 is 4.72 Å². The zero-order valence-electron chi connectivity index (χ0n) is 13.8. The van der Waals surface area contributed by atoms with Crippen molar-refractivity contribution >= 4 is 21.4 Å². The fourth-order valence-electron chi connectivity index (χ4n) is 2.50. The SMILES string of the molecule is CC1COCCC1S(=O)(=O)NCCc1nc(C(C)(C)C)cs1. The van der Waals surface area contributed by atoms with Crippen molar-refractivity contribution in [3.05, 3.63) is 16.1 Å². The third kappa shape index (κ3) is 4.50. The Morgan fingerprint density at radius 2 is 2.18 bits per heavy atom. The van der Waals surface area contributed by atoms with E-state index in [4.69, 9.17) is 4.74 Å². The maximum Gasteiger partial charge on any atom is 0.214 e. The zero-order chi connectivity index (χ0) is 16.4. The first-order valence-electron chi connectivity index (χ1n) is 7.71. The van der Waals surface area contributed by atoms with Gasteiger partial charge >= 0.3 is 0 Å². The number of thiazole rings is 1. The largest absolute Gasteiger partial charge is 0.381 e. The Kier molecular flexibility index (Phi) is 5.63.